The first-order valence-electron chi connectivity index (χ1n) is 10.1. The highest BCUT2D eigenvalue weighted by Gasteiger charge is 2.30. The van der Waals surface area contributed by atoms with Gasteiger partial charge in [0, 0.05) is 37.0 Å². The maximum absolute atomic E-state index is 13.2. The first kappa shape index (κ1) is 18.2. The fourth-order valence-corrected chi connectivity index (χ4v) is 4.12. The van der Waals surface area contributed by atoms with Crippen LogP contribution in [-0.2, 0) is 0 Å². The Balaban J connectivity index is 1.43. The van der Waals surface area contributed by atoms with Gasteiger partial charge in [0.15, 0.2) is 5.82 Å². The van der Waals surface area contributed by atoms with Crippen LogP contribution < -0.4 is 5.32 Å². The van der Waals surface area contributed by atoms with E-state index in [1.807, 2.05) is 23.1 Å². The molecule has 0 aliphatic carbocycles. The van der Waals surface area contributed by atoms with E-state index in [1.54, 1.807) is 0 Å². The molecular formula is C21H28N4O2. The summed E-state index contributed by atoms with van der Waals surface area (Å²) in [4.78, 5) is 19.7. The molecule has 2 aromatic rings. The molecule has 1 atom stereocenters. The monoisotopic (exact) mass is 368 g/mol. The maximum atomic E-state index is 13.2. The summed E-state index contributed by atoms with van der Waals surface area (Å²) < 4.78 is 5.46. The molecule has 2 fully saturated rings. The summed E-state index contributed by atoms with van der Waals surface area (Å²) in [6, 6.07) is 8.11. The maximum Gasteiger partial charge on any atom is 0.254 e. The van der Waals surface area contributed by atoms with Crippen LogP contribution in [0.2, 0.25) is 0 Å². The van der Waals surface area contributed by atoms with E-state index >= 15 is 0 Å². The van der Waals surface area contributed by atoms with E-state index in [4.69, 9.17) is 4.52 Å². The van der Waals surface area contributed by atoms with Gasteiger partial charge >= 0.3 is 0 Å². The van der Waals surface area contributed by atoms with E-state index in [0.29, 0.717) is 5.92 Å². The number of likely N-dealkylation sites (tertiary alicyclic amines) is 1. The molecule has 0 spiro atoms. The number of piperidine rings is 1. The first-order valence-corrected chi connectivity index (χ1v) is 10.1. The lowest BCUT2D eigenvalue weighted by Crippen LogP contribution is -2.38. The van der Waals surface area contributed by atoms with Crippen LogP contribution in [0.3, 0.4) is 0 Å². The third-order valence-electron chi connectivity index (χ3n) is 5.80. The zero-order valence-electron chi connectivity index (χ0n) is 16.1. The Morgan fingerprint density at radius 3 is 2.63 bits per heavy atom. The van der Waals surface area contributed by atoms with Crippen LogP contribution in [0.15, 0.2) is 28.8 Å². The van der Waals surface area contributed by atoms with Gasteiger partial charge in [-0.25, -0.2) is 0 Å². The van der Waals surface area contributed by atoms with E-state index in [9.17, 15) is 4.79 Å². The van der Waals surface area contributed by atoms with Gasteiger partial charge in [-0.2, -0.15) is 4.98 Å². The fraction of sp³-hybridized carbons (Fsp3) is 0.571. The average Bonchev–Trinajstić information content (AvgIpc) is 3.40. The van der Waals surface area contributed by atoms with E-state index in [-0.39, 0.29) is 17.7 Å². The van der Waals surface area contributed by atoms with Crippen molar-refractivity contribution in [1.82, 2.24) is 20.4 Å². The number of aromatic nitrogens is 2. The molecule has 1 N–H and O–H groups in total. The van der Waals surface area contributed by atoms with Crippen LogP contribution >= 0.6 is 0 Å². The molecule has 2 saturated heterocycles. The smallest absolute Gasteiger partial charge is 0.254 e. The van der Waals surface area contributed by atoms with Crippen molar-refractivity contribution in [3.05, 3.63) is 47.1 Å². The van der Waals surface area contributed by atoms with E-state index in [1.165, 1.54) is 5.56 Å². The average molecular weight is 368 g/mol. The minimum Gasteiger partial charge on any atom is -0.339 e. The zero-order valence-corrected chi connectivity index (χ0v) is 16.1. The van der Waals surface area contributed by atoms with Gasteiger partial charge in [-0.3, -0.25) is 4.79 Å². The third-order valence-corrected chi connectivity index (χ3v) is 5.80. The summed E-state index contributed by atoms with van der Waals surface area (Å²) in [5, 5.41) is 7.48. The van der Waals surface area contributed by atoms with Gasteiger partial charge < -0.3 is 14.7 Å². The van der Waals surface area contributed by atoms with E-state index in [0.717, 1.165) is 62.7 Å². The second kappa shape index (κ2) is 7.80. The number of hydrogen-bond donors (Lipinski definition) is 1. The molecule has 1 amide bonds. The molecule has 2 aliphatic rings. The second-order valence-electron chi connectivity index (χ2n) is 7.99. The fourth-order valence-electron chi connectivity index (χ4n) is 4.12. The van der Waals surface area contributed by atoms with Crippen LogP contribution in [0.25, 0.3) is 0 Å². The van der Waals surface area contributed by atoms with Crippen LogP contribution in [0.1, 0.15) is 78.5 Å². The SMILES string of the molecule is CC(C)c1noc(C2CCN(C(=O)c3ccccc3C3CCNC3)CC2)n1. The summed E-state index contributed by atoms with van der Waals surface area (Å²) in [5.41, 5.74) is 2.05. The number of hydrogen-bond acceptors (Lipinski definition) is 5. The molecule has 3 heterocycles. The number of rotatable bonds is 4. The molecule has 0 bridgehead atoms. The van der Waals surface area contributed by atoms with Crippen molar-refractivity contribution >= 4 is 5.91 Å². The normalized spacial score (nSPS) is 21.1. The minimum atomic E-state index is 0.157. The van der Waals surface area contributed by atoms with Gasteiger partial charge in [-0.15, -0.1) is 0 Å². The van der Waals surface area contributed by atoms with Gasteiger partial charge in [0.1, 0.15) is 0 Å². The van der Waals surface area contributed by atoms with Crippen molar-refractivity contribution in [3.63, 3.8) is 0 Å². The predicted octanol–water partition coefficient (Wildman–Crippen LogP) is 3.29. The summed E-state index contributed by atoms with van der Waals surface area (Å²) in [7, 11) is 0. The number of amides is 1. The van der Waals surface area contributed by atoms with Gasteiger partial charge in [0.25, 0.3) is 5.91 Å². The van der Waals surface area contributed by atoms with Crippen molar-refractivity contribution < 1.29 is 9.32 Å². The van der Waals surface area contributed by atoms with Crippen LogP contribution in [0, 0.1) is 0 Å². The Labute approximate surface area is 160 Å². The minimum absolute atomic E-state index is 0.157. The highest BCUT2D eigenvalue weighted by molar-refractivity contribution is 5.96. The molecule has 6 heteroatoms. The second-order valence-corrected chi connectivity index (χ2v) is 7.99. The summed E-state index contributed by atoms with van der Waals surface area (Å²) in [5.74, 6) is 2.61. The van der Waals surface area contributed by atoms with Crippen LogP contribution in [0.5, 0.6) is 0 Å². The molecule has 1 unspecified atom stereocenters. The molecule has 1 aromatic heterocycles. The molecule has 2 aliphatic heterocycles. The Kier molecular flexibility index (Phi) is 5.25. The van der Waals surface area contributed by atoms with Crippen molar-refractivity contribution in [2.24, 2.45) is 0 Å². The quantitative estimate of drug-likeness (QED) is 0.897. The number of nitrogens with zero attached hydrogens (tertiary/aromatic N) is 3. The largest absolute Gasteiger partial charge is 0.339 e. The Morgan fingerprint density at radius 2 is 1.96 bits per heavy atom. The van der Waals surface area contributed by atoms with Gasteiger partial charge in [0.2, 0.25) is 5.89 Å². The highest BCUT2D eigenvalue weighted by Crippen LogP contribution is 2.30. The molecule has 0 radical (unpaired) electrons. The topological polar surface area (TPSA) is 71.3 Å². The summed E-state index contributed by atoms with van der Waals surface area (Å²) >= 11 is 0. The van der Waals surface area contributed by atoms with E-state index < -0.39 is 0 Å². The first-order chi connectivity index (χ1) is 13.1. The van der Waals surface area contributed by atoms with Gasteiger partial charge in [-0.05, 0) is 43.4 Å². The molecule has 27 heavy (non-hydrogen) atoms. The number of carbonyl (C=O) groups is 1. The Bertz CT molecular complexity index is 787. The van der Waals surface area contributed by atoms with Crippen molar-refractivity contribution in [2.75, 3.05) is 26.2 Å². The zero-order chi connectivity index (χ0) is 18.8. The van der Waals surface area contributed by atoms with Crippen molar-refractivity contribution in [1.29, 1.82) is 0 Å². The summed E-state index contributed by atoms with van der Waals surface area (Å²) in [6.07, 6.45) is 2.85. The number of carbonyl (C=O) groups excluding carboxylic acids is 1. The summed E-state index contributed by atoms with van der Waals surface area (Å²) in [6.45, 7) is 7.59. The number of benzene rings is 1. The molecule has 1 aromatic carbocycles. The lowest BCUT2D eigenvalue weighted by atomic mass is 9.91. The predicted molar refractivity (Wildman–Crippen MR) is 103 cm³/mol. The Morgan fingerprint density at radius 1 is 1.19 bits per heavy atom. The van der Waals surface area contributed by atoms with Crippen LogP contribution in [0.4, 0.5) is 0 Å². The van der Waals surface area contributed by atoms with Crippen molar-refractivity contribution in [3.8, 4) is 0 Å². The van der Waals surface area contributed by atoms with Crippen LogP contribution in [-0.4, -0.2) is 47.1 Å². The van der Waals surface area contributed by atoms with Gasteiger partial charge in [-0.1, -0.05) is 37.2 Å². The van der Waals surface area contributed by atoms with Crippen molar-refractivity contribution in [2.45, 2.75) is 50.9 Å². The standard InChI is InChI=1S/C21H28N4O2/c1-14(2)19-23-20(27-24-19)15-8-11-25(12-9-15)21(26)18-6-4-3-5-17(18)16-7-10-22-13-16/h3-6,14-16,22H,7-13H2,1-2H3. The third kappa shape index (κ3) is 3.76. The number of nitrogens with one attached hydrogen (secondary N) is 1. The molecular weight excluding hydrogens is 340 g/mol. The molecule has 6 nitrogen and oxygen atoms in total. The Hall–Kier alpha value is -2.21. The molecule has 0 saturated carbocycles. The molecule has 4 rings (SSSR count). The lowest BCUT2D eigenvalue weighted by Gasteiger charge is -2.31. The lowest BCUT2D eigenvalue weighted by molar-refractivity contribution is 0.0703. The van der Waals surface area contributed by atoms with Gasteiger partial charge in [0.05, 0.1) is 0 Å². The highest BCUT2D eigenvalue weighted by atomic mass is 16.5. The molecule has 144 valence electrons. The van der Waals surface area contributed by atoms with E-state index in [2.05, 4.69) is 35.4 Å².